The number of hydrogen-bond acceptors (Lipinski definition) is 8. The van der Waals surface area contributed by atoms with Gasteiger partial charge < -0.3 is 15.8 Å². The first-order valence-corrected chi connectivity index (χ1v) is 11.0. The molecule has 1 saturated carbocycles. The molecule has 0 bridgehead atoms. The fourth-order valence-electron chi connectivity index (χ4n) is 4.33. The lowest BCUT2D eigenvalue weighted by molar-refractivity contribution is -0.0366. The molecule has 4 heterocycles. The Morgan fingerprint density at radius 2 is 2.03 bits per heavy atom. The first-order valence-electron chi connectivity index (χ1n) is 11.0. The lowest BCUT2D eigenvalue weighted by Crippen LogP contribution is -2.22. The van der Waals surface area contributed by atoms with Gasteiger partial charge in [0.15, 0.2) is 12.1 Å². The van der Waals surface area contributed by atoms with E-state index in [0.717, 1.165) is 60.9 Å². The molecule has 9 heteroatoms. The summed E-state index contributed by atoms with van der Waals surface area (Å²) in [4.78, 5) is 17.9. The number of fused-ring (bicyclic) bond motifs is 1. The Labute approximate surface area is 185 Å². The van der Waals surface area contributed by atoms with E-state index in [1.807, 2.05) is 47.3 Å². The molecule has 6 rings (SSSR count). The minimum atomic E-state index is -0.243. The molecule has 1 aliphatic carbocycles. The van der Waals surface area contributed by atoms with Gasteiger partial charge in [-0.25, -0.2) is 4.68 Å². The summed E-state index contributed by atoms with van der Waals surface area (Å²) in [7, 11) is 0. The zero-order chi connectivity index (χ0) is 21.5. The molecule has 0 spiro atoms. The van der Waals surface area contributed by atoms with Crippen LogP contribution in [0.1, 0.15) is 44.0 Å². The first-order chi connectivity index (χ1) is 15.7. The van der Waals surface area contributed by atoms with Gasteiger partial charge in [0, 0.05) is 23.8 Å². The third-order valence-corrected chi connectivity index (χ3v) is 6.19. The topological polar surface area (TPSA) is 117 Å². The molecule has 3 N–H and O–H groups in total. The van der Waals surface area contributed by atoms with Gasteiger partial charge >= 0.3 is 0 Å². The van der Waals surface area contributed by atoms with Crippen LogP contribution in [-0.4, -0.2) is 36.3 Å². The van der Waals surface area contributed by atoms with Crippen molar-refractivity contribution >= 4 is 22.8 Å². The van der Waals surface area contributed by atoms with Gasteiger partial charge in [-0.1, -0.05) is 18.2 Å². The molecule has 9 nitrogen and oxygen atoms in total. The van der Waals surface area contributed by atoms with Gasteiger partial charge in [0.05, 0.1) is 22.9 Å². The van der Waals surface area contributed by atoms with E-state index in [2.05, 4.69) is 30.4 Å². The van der Waals surface area contributed by atoms with Crippen molar-refractivity contribution in [3.05, 3.63) is 54.5 Å². The largest absolute Gasteiger partial charge is 0.368 e. The number of aromatic nitrogens is 6. The van der Waals surface area contributed by atoms with Crippen molar-refractivity contribution in [3.8, 4) is 11.4 Å². The molecule has 4 aromatic rings. The smallest absolute Gasteiger partial charge is 0.228 e. The van der Waals surface area contributed by atoms with Gasteiger partial charge in [0.2, 0.25) is 11.9 Å². The summed E-state index contributed by atoms with van der Waals surface area (Å²) in [5.41, 5.74) is 8.65. The predicted octanol–water partition coefficient (Wildman–Crippen LogP) is 3.67. The summed E-state index contributed by atoms with van der Waals surface area (Å²) in [6, 6.07) is 12.0. The third-order valence-electron chi connectivity index (χ3n) is 6.19. The van der Waals surface area contributed by atoms with E-state index < -0.39 is 0 Å². The highest BCUT2D eigenvalue weighted by Crippen LogP contribution is 2.47. The van der Waals surface area contributed by atoms with Crippen LogP contribution >= 0.6 is 0 Å². The molecule has 1 saturated heterocycles. The van der Waals surface area contributed by atoms with E-state index >= 15 is 0 Å². The Morgan fingerprint density at radius 3 is 2.81 bits per heavy atom. The number of anilines is 2. The van der Waals surface area contributed by atoms with E-state index in [0.29, 0.717) is 11.8 Å². The minimum Gasteiger partial charge on any atom is -0.368 e. The second kappa shape index (κ2) is 7.52. The van der Waals surface area contributed by atoms with Gasteiger partial charge in [-0.3, -0.25) is 4.98 Å². The number of benzene rings is 1. The Balaban J connectivity index is 1.34. The van der Waals surface area contributed by atoms with Crippen molar-refractivity contribution < 1.29 is 4.74 Å². The lowest BCUT2D eigenvalue weighted by atomic mass is 10.1. The zero-order valence-electron chi connectivity index (χ0n) is 17.6. The maximum atomic E-state index is 6.06. The standard InChI is InChI=1S/C23H24N8O/c24-21-27-20(28-22(29-21)30-23(9-10-23)18-5-1-3-11-25-18)15-7-8-16-14-26-31(17(16)13-15)19-6-2-4-12-32-19/h1,3,5,7-8,11,13-14,19H,2,4,6,9-10,12H2,(H3,24,27,28,29,30). The highest BCUT2D eigenvalue weighted by molar-refractivity contribution is 5.83. The van der Waals surface area contributed by atoms with Gasteiger partial charge in [0.1, 0.15) is 0 Å². The van der Waals surface area contributed by atoms with E-state index in [-0.39, 0.29) is 17.7 Å². The van der Waals surface area contributed by atoms with Crippen LogP contribution in [-0.2, 0) is 10.3 Å². The molecule has 1 aliphatic heterocycles. The summed E-state index contributed by atoms with van der Waals surface area (Å²) >= 11 is 0. The number of nitrogens with two attached hydrogens (primary N) is 1. The zero-order valence-corrected chi connectivity index (χ0v) is 17.6. The van der Waals surface area contributed by atoms with Crippen LogP contribution in [0.25, 0.3) is 22.3 Å². The van der Waals surface area contributed by atoms with Crippen LogP contribution in [0, 0.1) is 0 Å². The van der Waals surface area contributed by atoms with Crippen LogP contribution in [0.15, 0.2) is 48.8 Å². The highest BCUT2D eigenvalue weighted by atomic mass is 16.5. The maximum absolute atomic E-state index is 6.06. The molecular weight excluding hydrogens is 404 g/mol. The Morgan fingerprint density at radius 1 is 1.09 bits per heavy atom. The van der Waals surface area contributed by atoms with Crippen LogP contribution in [0.3, 0.4) is 0 Å². The van der Waals surface area contributed by atoms with Crippen LogP contribution < -0.4 is 11.1 Å². The average molecular weight is 429 g/mol. The maximum Gasteiger partial charge on any atom is 0.228 e. The van der Waals surface area contributed by atoms with E-state index in [4.69, 9.17) is 10.5 Å². The van der Waals surface area contributed by atoms with Crippen molar-refractivity contribution in [2.75, 3.05) is 17.7 Å². The molecule has 32 heavy (non-hydrogen) atoms. The summed E-state index contributed by atoms with van der Waals surface area (Å²) in [6.45, 7) is 0.767. The summed E-state index contributed by atoms with van der Waals surface area (Å²) in [5, 5.41) is 9.07. The second-order valence-corrected chi connectivity index (χ2v) is 8.45. The number of nitrogen functional groups attached to an aromatic ring is 1. The highest BCUT2D eigenvalue weighted by Gasteiger charge is 2.46. The molecule has 3 aromatic heterocycles. The molecule has 2 fully saturated rings. The summed E-state index contributed by atoms with van der Waals surface area (Å²) < 4.78 is 7.90. The first kappa shape index (κ1) is 19.1. The van der Waals surface area contributed by atoms with Crippen molar-refractivity contribution in [1.29, 1.82) is 0 Å². The fraction of sp³-hybridized carbons (Fsp3) is 0.348. The molecule has 162 valence electrons. The molecule has 2 aliphatic rings. The quantitative estimate of drug-likeness (QED) is 0.495. The molecule has 1 unspecified atom stereocenters. The molecular formula is C23H24N8O. The van der Waals surface area contributed by atoms with Crippen LogP contribution in [0.4, 0.5) is 11.9 Å². The monoisotopic (exact) mass is 428 g/mol. The lowest BCUT2D eigenvalue weighted by Gasteiger charge is -2.23. The second-order valence-electron chi connectivity index (χ2n) is 8.45. The minimum absolute atomic E-state index is 0.0368. The van der Waals surface area contributed by atoms with E-state index in [1.54, 1.807) is 6.20 Å². The predicted molar refractivity (Wildman–Crippen MR) is 121 cm³/mol. The normalized spacial score (nSPS) is 19.7. The van der Waals surface area contributed by atoms with Gasteiger partial charge in [-0.15, -0.1) is 0 Å². The number of hydrogen-bond donors (Lipinski definition) is 2. The Kier molecular flexibility index (Phi) is 4.50. The number of rotatable bonds is 5. The number of nitrogens with one attached hydrogen (secondary N) is 1. The molecule has 0 radical (unpaired) electrons. The number of nitrogens with zero attached hydrogens (tertiary/aromatic N) is 6. The molecule has 1 aromatic carbocycles. The van der Waals surface area contributed by atoms with E-state index in [1.165, 1.54) is 0 Å². The summed E-state index contributed by atoms with van der Waals surface area (Å²) in [6.07, 6.45) is 8.78. The van der Waals surface area contributed by atoms with Crippen LogP contribution in [0.2, 0.25) is 0 Å². The van der Waals surface area contributed by atoms with Gasteiger partial charge in [-0.05, 0) is 50.3 Å². The molecule has 0 amide bonds. The average Bonchev–Trinajstić information content (AvgIpc) is 3.49. The molecule has 1 atom stereocenters. The Bertz CT molecular complexity index is 1260. The van der Waals surface area contributed by atoms with Crippen molar-refractivity contribution in [2.24, 2.45) is 0 Å². The van der Waals surface area contributed by atoms with Crippen molar-refractivity contribution in [3.63, 3.8) is 0 Å². The van der Waals surface area contributed by atoms with Crippen molar-refractivity contribution in [1.82, 2.24) is 29.7 Å². The third kappa shape index (κ3) is 3.44. The van der Waals surface area contributed by atoms with Gasteiger partial charge in [-0.2, -0.15) is 20.1 Å². The van der Waals surface area contributed by atoms with Crippen LogP contribution in [0.5, 0.6) is 0 Å². The van der Waals surface area contributed by atoms with E-state index in [9.17, 15) is 0 Å². The summed E-state index contributed by atoms with van der Waals surface area (Å²) in [5.74, 6) is 1.16. The van der Waals surface area contributed by atoms with Gasteiger partial charge in [0.25, 0.3) is 0 Å². The SMILES string of the molecule is Nc1nc(NC2(c3ccccn3)CC2)nc(-c2ccc3cnn(C4CCCCO4)c3c2)n1. The Hall–Kier alpha value is -3.59. The number of ether oxygens (including phenoxy) is 1. The van der Waals surface area contributed by atoms with Crippen molar-refractivity contribution in [2.45, 2.75) is 43.9 Å². The number of pyridine rings is 1. The fourth-order valence-corrected chi connectivity index (χ4v) is 4.33.